The molecule has 0 unspecified atom stereocenters. The molecule has 3 nitrogen and oxygen atoms in total. The minimum Gasteiger partial charge on any atom is -0.512 e. The van der Waals surface area contributed by atoms with Crippen molar-refractivity contribution in [2.75, 3.05) is 0 Å². The Morgan fingerprint density at radius 3 is 1.54 bits per heavy atom. The van der Waals surface area contributed by atoms with Gasteiger partial charge in [0.15, 0.2) is 5.78 Å². The molecule has 0 saturated heterocycles. The van der Waals surface area contributed by atoms with Crippen LogP contribution in [0, 0.1) is 17.9 Å². The summed E-state index contributed by atoms with van der Waals surface area (Å²) in [6.07, 6.45) is 6.90. The van der Waals surface area contributed by atoms with Gasteiger partial charge in [-0.25, -0.2) is 0 Å². The summed E-state index contributed by atoms with van der Waals surface area (Å²) in [4.78, 5) is 16.6. The fraction of sp³-hybridized carbons (Fsp3) is 0.200. The van der Waals surface area contributed by atoms with Crippen LogP contribution < -0.4 is 0 Å². The number of carbonyl (C=O) groups is 1. The van der Waals surface area contributed by atoms with Crippen molar-refractivity contribution in [1.29, 1.82) is 0 Å². The summed E-state index contributed by atoms with van der Waals surface area (Å²) in [7, 11) is 0. The normalized spacial score (nSPS) is 11.7. The third kappa shape index (κ3) is 8.16. The zero-order chi connectivity index (χ0) is 36.9. The first kappa shape index (κ1) is 38.6. The van der Waals surface area contributed by atoms with Crippen LogP contribution in [0.3, 0.4) is 0 Å². The van der Waals surface area contributed by atoms with E-state index < -0.39 is 0 Å². The van der Waals surface area contributed by atoms with Crippen molar-refractivity contribution in [3.8, 4) is 0 Å². The predicted molar refractivity (Wildman–Crippen MR) is 227 cm³/mol. The van der Waals surface area contributed by atoms with Crippen molar-refractivity contribution in [3.05, 3.63) is 151 Å². The minimum absolute atomic E-state index is 0. The number of carbonyl (C=O) groups excluding carboxylic acids is 1. The van der Waals surface area contributed by atoms with Crippen LogP contribution in [-0.4, -0.2) is 15.9 Å². The molecule has 0 fully saturated rings. The molecule has 54 heavy (non-hydrogen) atoms. The number of hydrogen-bond acceptors (Lipinski definition) is 3. The molecule has 8 aromatic rings. The van der Waals surface area contributed by atoms with Gasteiger partial charge in [0, 0.05) is 44.2 Å². The topological polar surface area (TPSA) is 50.2 Å². The van der Waals surface area contributed by atoms with E-state index in [0.29, 0.717) is 0 Å². The van der Waals surface area contributed by atoms with Gasteiger partial charge in [0.2, 0.25) is 0 Å². The minimum atomic E-state index is 0. The monoisotopic (exact) mass is 885 g/mol. The van der Waals surface area contributed by atoms with Gasteiger partial charge in [-0.2, -0.15) is 0 Å². The number of nitrogens with zero attached hydrogens (tertiary/aromatic N) is 1. The Hall–Kier alpha value is -5.15. The van der Waals surface area contributed by atoms with Crippen molar-refractivity contribution in [3.63, 3.8) is 0 Å². The number of benzene rings is 6. The number of hydrogen-bond donors (Lipinski definition) is 1. The third-order valence-electron chi connectivity index (χ3n) is 10.8. The van der Waals surface area contributed by atoms with Gasteiger partial charge in [0.1, 0.15) is 0 Å². The molecule has 1 heterocycles. The maximum Gasteiger partial charge on any atom is 0.162 e. The third-order valence-corrected chi connectivity index (χ3v) is 10.8. The van der Waals surface area contributed by atoms with E-state index in [1.807, 2.05) is 40.0 Å². The van der Waals surface area contributed by atoms with E-state index in [1.54, 1.807) is 0 Å². The molecule has 0 amide bonds. The van der Waals surface area contributed by atoms with Gasteiger partial charge >= 0.3 is 0 Å². The van der Waals surface area contributed by atoms with E-state index in [-0.39, 0.29) is 43.5 Å². The second-order valence-corrected chi connectivity index (χ2v) is 14.0. The van der Waals surface area contributed by atoms with Crippen molar-refractivity contribution in [2.45, 2.75) is 53.4 Å². The number of ketones is 1. The molecule has 273 valence electrons. The molecule has 12 bridgehead atoms. The van der Waals surface area contributed by atoms with Crippen LogP contribution in [0.25, 0.3) is 75.5 Å². The van der Waals surface area contributed by atoms with Crippen LogP contribution in [0.4, 0.5) is 0 Å². The fourth-order valence-corrected chi connectivity index (χ4v) is 7.48. The van der Waals surface area contributed by atoms with E-state index in [4.69, 9.17) is 4.98 Å². The maximum absolute atomic E-state index is 11.7. The molecule has 0 atom stereocenters. The number of aromatic nitrogens is 1. The predicted octanol–water partition coefficient (Wildman–Crippen LogP) is 13.9. The first-order chi connectivity index (χ1) is 25.9. The van der Waals surface area contributed by atoms with Crippen molar-refractivity contribution in [1.82, 2.24) is 4.98 Å². The average Bonchev–Trinajstić information content (AvgIpc) is 3.21. The number of aliphatic hydroxyl groups excluding tert-OH is 1. The van der Waals surface area contributed by atoms with Gasteiger partial charge in [-0.3, -0.25) is 4.79 Å². The Morgan fingerprint density at radius 2 is 1.02 bits per heavy atom. The van der Waals surface area contributed by atoms with E-state index in [2.05, 4.69) is 127 Å². The summed E-state index contributed by atoms with van der Waals surface area (Å²) in [5.74, 6) is 0.547. The number of pyridine rings is 1. The van der Waals surface area contributed by atoms with Crippen molar-refractivity contribution >= 4 is 81.3 Å². The van der Waals surface area contributed by atoms with E-state index in [9.17, 15) is 9.90 Å². The van der Waals surface area contributed by atoms with Gasteiger partial charge in [0.05, 0.1) is 5.76 Å². The summed E-state index contributed by atoms with van der Waals surface area (Å²) >= 11 is 0. The van der Waals surface area contributed by atoms with E-state index >= 15 is 0 Å². The van der Waals surface area contributed by atoms with Gasteiger partial charge < -0.3 is 10.1 Å². The Balaban J connectivity index is 0.000000267. The quantitative estimate of drug-likeness (QED) is 0.0751. The molecule has 0 aliphatic heterocycles. The summed E-state index contributed by atoms with van der Waals surface area (Å²) in [5, 5.41) is 25.2. The molecule has 1 radical (unpaired) electrons. The number of allylic oxidation sites excluding steroid dienone is 2. The second kappa shape index (κ2) is 17.3. The molecule has 0 saturated carbocycles. The van der Waals surface area contributed by atoms with Crippen molar-refractivity contribution < 1.29 is 30.0 Å². The van der Waals surface area contributed by atoms with Crippen LogP contribution in [0.15, 0.2) is 145 Å². The smallest absolute Gasteiger partial charge is 0.162 e. The Kier molecular flexibility index (Phi) is 12.4. The van der Waals surface area contributed by atoms with Crippen LogP contribution >= 0.6 is 0 Å². The number of aliphatic hydroxyl groups is 1. The molecule has 0 aliphatic carbocycles. The summed E-state index contributed by atoms with van der Waals surface area (Å²) in [6, 6.07) is 49.6. The second-order valence-electron chi connectivity index (χ2n) is 14.0. The summed E-state index contributed by atoms with van der Waals surface area (Å²) in [5.41, 5.74) is 0.934. The molecule has 7 aromatic carbocycles. The average molecular weight is 885 g/mol. The van der Waals surface area contributed by atoms with E-state index in [1.165, 1.54) is 59.9 Å². The molecule has 4 heteroatoms. The largest absolute Gasteiger partial charge is 0.512 e. The fourth-order valence-electron chi connectivity index (χ4n) is 7.48. The maximum atomic E-state index is 11.7. The van der Waals surface area contributed by atoms with Gasteiger partial charge in [0.25, 0.3) is 0 Å². The number of rotatable bonds is 7. The van der Waals surface area contributed by atoms with Crippen LogP contribution in [0.1, 0.15) is 53.4 Å². The van der Waals surface area contributed by atoms with Gasteiger partial charge in [-0.1, -0.05) is 113 Å². The molecule has 0 aliphatic rings. The molecule has 1 aromatic heterocycles. The Labute approximate surface area is 331 Å². The summed E-state index contributed by atoms with van der Waals surface area (Å²) < 4.78 is 0. The zero-order valence-electron chi connectivity index (χ0n) is 31.4. The summed E-state index contributed by atoms with van der Waals surface area (Å²) in [6.45, 7) is 8.07. The SMILES string of the molecule is CCC(CC)C(=O)/C=C(\O)C(CC)CC.[Ir].[c-]1ccc2cc1c1cc3c(ccc4ccc(cc43)c3cccc(c3)c3cccc(c3)c3cccc2c3)cn1. The molecule has 1 N–H and O–H groups in total. The molecule has 8 rings (SSSR count). The zero-order valence-corrected chi connectivity index (χ0v) is 33.8. The Morgan fingerprint density at radius 1 is 0.574 bits per heavy atom. The van der Waals surface area contributed by atoms with Crippen LogP contribution in [-0.2, 0) is 24.9 Å². The molecular weight excluding hydrogens is 839 g/mol. The van der Waals surface area contributed by atoms with Gasteiger partial charge in [-0.05, 0) is 115 Å². The van der Waals surface area contributed by atoms with Gasteiger partial charge in [-0.15, -0.1) is 35.0 Å². The molecule has 0 spiro atoms. The first-order valence-electron chi connectivity index (χ1n) is 19.0. The number of fused-ring (bicyclic) bond motifs is 15. The molecular formula is C50H46IrNO2-. The van der Waals surface area contributed by atoms with E-state index in [0.717, 1.165) is 47.4 Å². The van der Waals surface area contributed by atoms with Crippen LogP contribution in [0.5, 0.6) is 0 Å². The standard InChI is InChI=1S/C37H22N.C13H24O2.Ir/c1-5-25-17-26(6-1)28-8-3-10-30(19-28)32-15-13-24-14-16-34-23-38-37(22-36(34)35(24)21-32)33-12-4-11-31(20-33)29-9-2-7-27(25)18-29;1-5-10(6-2)12(14)9-13(15)11(7-3)8-4;/h1-11,13-23H;9-11,14H,5-8H2,1-4H3;/q-1;;/b;12-9-;. The first-order valence-corrected chi connectivity index (χ1v) is 19.0. The Bertz CT molecular complexity index is 2560. The van der Waals surface area contributed by atoms with Crippen molar-refractivity contribution in [2.24, 2.45) is 11.8 Å². The van der Waals surface area contributed by atoms with Crippen LogP contribution in [0.2, 0.25) is 0 Å².